The molecule has 0 saturated heterocycles. The Morgan fingerprint density at radius 3 is 2.55 bits per heavy atom. The molecule has 3 N–H and O–H groups in total. The molecular weight excluding hydrogens is 256 g/mol. The van der Waals surface area contributed by atoms with Crippen LogP contribution in [0.3, 0.4) is 0 Å². The summed E-state index contributed by atoms with van der Waals surface area (Å²) in [4.78, 5) is 13.9. The zero-order valence-electron chi connectivity index (χ0n) is 12.6. The molecule has 0 heterocycles. The largest absolute Gasteiger partial charge is 0.462 e. The first kappa shape index (κ1) is 16.3. The van der Waals surface area contributed by atoms with Crippen LogP contribution in [0.1, 0.15) is 38.1 Å². The molecule has 20 heavy (non-hydrogen) atoms. The van der Waals surface area contributed by atoms with E-state index in [1.54, 1.807) is 39.0 Å². The number of carbonyl (C=O) groups excluding carboxylic acids is 1. The van der Waals surface area contributed by atoms with Crippen molar-refractivity contribution in [3.63, 3.8) is 0 Å². The standard InChI is InChI=1S/C15H24N2O3/c1-5-17(10-15(3,4)19)13-11(14(18)20-6-2)8-7-9-12(13)16/h7-9,19H,5-6,10,16H2,1-4H3. The Hall–Kier alpha value is -1.75. The third-order valence-corrected chi connectivity index (χ3v) is 2.84. The predicted octanol–water partition coefficient (Wildman–Crippen LogP) is 2.04. The Kier molecular flexibility index (Phi) is 5.39. The average molecular weight is 280 g/mol. The fourth-order valence-corrected chi connectivity index (χ4v) is 2.10. The van der Waals surface area contributed by atoms with Gasteiger partial charge in [-0.05, 0) is 39.8 Å². The van der Waals surface area contributed by atoms with E-state index in [1.807, 2.05) is 11.8 Å². The lowest BCUT2D eigenvalue weighted by Crippen LogP contribution is -2.39. The van der Waals surface area contributed by atoms with Gasteiger partial charge in [-0.1, -0.05) is 6.07 Å². The molecule has 1 aromatic carbocycles. The van der Waals surface area contributed by atoms with Crippen LogP contribution >= 0.6 is 0 Å². The van der Waals surface area contributed by atoms with Crippen molar-refractivity contribution in [1.29, 1.82) is 0 Å². The number of nitrogens with two attached hydrogens (primary N) is 1. The summed E-state index contributed by atoms with van der Waals surface area (Å²) < 4.78 is 5.06. The third kappa shape index (κ3) is 4.13. The van der Waals surface area contributed by atoms with Crippen LogP contribution in [-0.2, 0) is 4.74 Å². The minimum Gasteiger partial charge on any atom is -0.462 e. The van der Waals surface area contributed by atoms with E-state index in [1.165, 1.54) is 0 Å². The van der Waals surface area contributed by atoms with Crippen molar-refractivity contribution in [1.82, 2.24) is 0 Å². The van der Waals surface area contributed by atoms with Gasteiger partial charge in [0.15, 0.2) is 0 Å². The topological polar surface area (TPSA) is 75.8 Å². The molecule has 1 aromatic rings. The molecule has 0 atom stereocenters. The van der Waals surface area contributed by atoms with Crippen LogP contribution in [0.15, 0.2) is 18.2 Å². The highest BCUT2D eigenvalue weighted by molar-refractivity contribution is 5.99. The van der Waals surface area contributed by atoms with Gasteiger partial charge in [-0.25, -0.2) is 4.79 Å². The summed E-state index contributed by atoms with van der Waals surface area (Å²) in [7, 11) is 0. The van der Waals surface area contributed by atoms with Crippen LogP contribution in [-0.4, -0.2) is 36.4 Å². The second-order valence-corrected chi connectivity index (χ2v) is 5.29. The quantitative estimate of drug-likeness (QED) is 0.616. The number of carbonyl (C=O) groups is 1. The van der Waals surface area contributed by atoms with E-state index >= 15 is 0 Å². The van der Waals surface area contributed by atoms with Crippen LogP contribution in [0.2, 0.25) is 0 Å². The number of hydrogen-bond donors (Lipinski definition) is 2. The van der Waals surface area contributed by atoms with Gasteiger partial charge in [0.05, 0.1) is 29.1 Å². The van der Waals surface area contributed by atoms with Gasteiger partial charge >= 0.3 is 5.97 Å². The van der Waals surface area contributed by atoms with Crippen LogP contribution in [0.4, 0.5) is 11.4 Å². The van der Waals surface area contributed by atoms with Gasteiger partial charge in [-0.15, -0.1) is 0 Å². The van der Waals surface area contributed by atoms with Gasteiger partial charge in [-0.3, -0.25) is 0 Å². The Bertz CT molecular complexity index is 467. The van der Waals surface area contributed by atoms with Crippen molar-refractivity contribution in [2.24, 2.45) is 0 Å². The Labute approximate surface area is 120 Å². The van der Waals surface area contributed by atoms with Crippen molar-refractivity contribution < 1.29 is 14.6 Å². The van der Waals surface area contributed by atoms with E-state index in [-0.39, 0.29) is 0 Å². The molecule has 0 aliphatic carbocycles. The molecule has 0 bridgehead atoms. The minimum absolute atomic E-state index is 0.310. The molecule has 112 valence electrons. The second-order valence-electron chi connectivity index (χ2n) is 5.29. The highest BCUT2D eigenvalue weighted by Crippen LogP contribution is 2.29. The summed E-state index contributed by atoms with van der Waals surface area (Å²) in [5.41, 5.74) is 6.69. The average Bonchev–Trinajstić information content (AvgIpc) is 2.35. The van der Waals surface area contributed by atoms with Crippen molar-refractivity contribution >= 4 is 17.3 Å². The van der Waals surface area contributed by atoms with E-state index < -0.39 is 11.6 Å². The van der Waals surface area contributed by atoms with E-state index in [0.717, 1.165) is 0 Å². The smallest absolute Gasteiger partial charge is 0.340 e. The molecule has 5 nitrogen and oxygen atoms in total. The van der Waals surface area contributed by atoms with E-state index in [9.17, 15) is 9.90 Å². The van der Waals surface area contributed by atoms with E-state index in [4.69, 9.17) is 10.5 Å². The number of benzene rings is 1. The lowest BCUT2D eigenvalue weighted by molar-refractivity contribution is 0.0525. The molecule has 1 rings (SSSR count). The second kappa shape index (κ2) is 6.61. The first-order chi connectivity index (χ1) is 9.30. The summed E-state index contributed by atoms with van der Waals surface area (Å²) in [6.07, 6.45) is 0. The van der Waals surface area contributed by atoms with Crippen molar-refractivity contribution in [3.05, 3.63) is 23.8 Å². The van der Waals surface area contributed by atoms with Gasteiger partial charge in [0.25, 0.3) is 0 Å². The third-order valence-electron chi connectivity index (χ3n) is 2.84. The van der Waals surface area contributed by atoms with Gasteiger partial charge < -0.3 is 20.5 Å². The highest BCUT2D eigenvalue weighted by atomic mass is 16.5. The first-order valence-corrected chi connectivity index (χ1v) is 6.83. The number of aliphatic hydroxyl groups is 1. The number of likely N-dealkylation sites (N-methyl/N-ethyl adjacent to an activating group) is 1. The number of rotatable bonds is 6. The number of nitrogens with zero attached hydrogens (tertiary/aromatic N) is 1. The van der Waals surface area contributed by atoms with Gasteiger partial charge in [0.1, 0.15) is 0 Å². The molecule has 0 amide bonds. The van der Waals surface area contributed by atoms with Crippen molar-refractivity contribution in [2.75, 3.05) is 30.3 Å². The first-order valence-electron chi connectivity index (χ1n) is 6.83. The minimum atomic E-state index is -0.885. The fraction of sp³-hybridized carbons (Fsp3) is 0.533. The molecular formula is C15H24N2O3. The molecule has 0 aliphatic heterocycles. The molecule has 0 aliphatic rings. The van der Waals surface area contributed by atoms with Crippen molar-refractivity contribution in [2.45, 2.75) is 33.3 Å². The van der Waals surface area contributed by atoms with Crippen molar-refractivity contribution in [3.8, 4) is 0 Å². The highest BCUT2D eigenvalue weighted by Gasteiger charge is 2.24. The molecule has 0 fully saturated rings. The summed E-state index contributed by atoms with van der Waals surface area (Å²) in [5, 5.41) is 10.0. The number of esters is 1. The molecule has 0 unspecified atom stereocenters. The zero-order valence-corrected chi connectivity index (χ0v) is 12.6. The van der Waals surface area contributed by atoms with Crippen LogP contribution in [0.25, 0.3) is 0 Å². The molecule has 0 spiro atoms. The molecule has 0 aromatic heterocycles. The summed E-state index contributed by atoms with van der Waals surface area (Å²) >= 11 is 0. The van der Waals surface area contributed by atoms with Gasteiger partial charge in [0, 0.05) is 13.1 Å². The predicted molar refractivity (Wildman–Crippen MR) is 81.0 cm³/mol. The van der Waals surface area contributed by atoms with E-state index in [0.29, 0.717) is 36.6 Å². The Balaban J connectivity index is 3.23. The van der Waals surface area contributed by atoms with Gasteiger partial charge in [-0.2, -0.15) is 0 Å². The number of hydrogen-bond acceptors (Lipinski definition) is 5. The van der Waals surface area contributed by atoms with E-state index in [2.05, 4.69) is 0 Å². The number of ether oxygens (including phenoxy) is 1. The summed E-state index contributed by atoms with van der Waals surface area (Å²) in [6, 6.07) is 5.16. The summed E-state index contributed by atoms with van der Waals surface area (Å²) in [5.74, 6) is -0.399. The number of anilines is 2. The zero-order chi connectivity index (χ0) is 15.3. The summed E-state index contributed by atoms with van der Waals surface area (Å²) in [6.45, 7) is 8.47. The maximum Gasteiger partial charge on any atom is 0.340 e. The molecule has 0 saturated carbocycles. The fourth-order valence-electron chi connectivity index (χ4n) is 2.10. The maximum atomic E-state index is 12.0. The van der Waals surface area contributed by atoms with Gasteiger partial charge in [0.2, 0.25) is 0 Å². The SMILES string of the molecule is CCOC(=O)c1cccc(N)c1N(CC)CC(C)(C)O. The Morgan fingerprint density at radius 1 is 1.40 bits per heavy atom. The maximum absolute atomic E-state index is 12.0. The Morgan fingerprint density at radius 2 is 2.05 bits per heavy atom. The number of para-hydroxylation sites is 1. The number of nitrogen functional groups attached to an aromatic ring is 1. The van der Waals surface area contributed by atoms with Crippen LogP contribution < -0.4 is 10.6 Å². The van der Waals surface area contributed by atoms with Crippen LogP contribution in [0.5, 0.6) is 0 Å². The monoisotopic (exact) mass is 280 g/mol. The lowest BCUT2D eigenvalue weighted by Gasteiger charge is -2.31. The van der Waals surface area contributed by atoms with Crippen LogP contribution in [0, 0.1) is 0 Å². The molecule has 0 radical (unpaired) electrons. The lowest BCUT2D eigenvalue weighted by atomic mass is 10.1. The normalized spacial score (nSPS) is 11.2. The molecule has 5 heteroatoms.